The molecule has 1 fully saturated rings. The third kappa shape index (κ3) is 2.41. The van der Waals surface area contributed by atoms with E-state index in [4.69, 9.17) is 0 Å². The van der Waals surface area contributed by atoms with Crippen LogP contribution in [0.1, 0.15) is 19.3 Å². The smallest absolute Gasteiger partial charge is 0.176 e. The lowest BCUT2D eigenvalue weighted by atomic mass is 10.1. The van der Waals surface area contributed by atoms with E-state index >= 15 is 0 Å². The van der Waals surface area contributed by atoms with Crippen molar-refractivity contribution in [1.82, 2.24) is 24.4 Å². The van der Waals surface area contributed by atoms with Gasteiger partial charge >= 0.3 is 0 Å². The molecule has 0 unspecified atom stereocenters. The van der Waals surface area contributed by atoms with E-state index in [1.165, 1.54) is 25.8 Å². The van der Waals surface area contributed by atoms with Crippen LogP contribution in [0, 0.1) is 0 Å². The molecule has 0 aliphatic carbocycles. The zero-order valence-corrected chi connectivity index (χ0v) is 12.9. The second-order valence-electron chi connectivity index (χ2n) is 6.11. The number of imidazole rings is 2. The number of nitrogens with one attached hydrogen (secondary N) is 1. The second kappa shape index (κ2) is 5.57. The number of hydrogen-bond donors (Lipinski definition) is 1. The highest BCUT2D eigenvalue weighted by Gasteiger charge is 2.21. The Balaban J connectivity index is 1.56. The Morgan fingerprint density at radius 2 is 2.23 bits per heavy atom. The van der Waals surface area contributed by atoms with Crippen molar-refractivity contribution in [1.29, 1.82) is 0 Å². The molecular weight excluding hydrogens is 274 g/mol. The molecular formula is C17H21N5. The summed E-state index contributed by atoms with van der Waals surface area (Å²) >= 11 is 0. The quantitative estimate of drug-likeness (QED) is 0.805. The highest BCUT2D eigenvalue weighted by molar-refractivity contribution is 5.78. The monoisotopic (exact) mass is 295 g/mol. The van der Waals surface area contributed by atoms with Gasteiger partial charge in [-0.05, 0) is 45.0 Å². The molecule has 3 aromatic rings. The molecule has 3 heterocycles. The standard InChI is InChI=1S/C17H21N5/c1-21-10-4-5-13(21)8-11-22-12-9-18-17(22)16-19-14-6-2-3-7-15(14)20-16/h2-3,6-7,9,12-13H,4-5,8,10-11H2,1H3,(H,19,20)/t13-/m0/s1. The van der Waals surface area contributed by atoms with Crippen molar-refractivity contribution < 1.29 is 0 Å². The van der Waals surface area contributed by atoms with Gasteiger partial charge in [-0.25, -0.2) is 9.97 Å². The van der Waals surface area contributed by atoms with Crippen molar-refractivity contribution in [2.45, 2.75) is 31.8 Å². The normalized spacial score (nSPS) is 19.2. The van der Waals surface area contributed by atoms with Gasteiger partial charge in [0, 0.05) is 25.0 Å². The number of aromatic amines is 1. The maximum absolute atomic E-state index is 4.66. The van der Waals surface area contributed by atoms with E-state index < -0.39 is 0 Å². The number of likely N-dealkylation sites (tertiary alicyclic amines) is 1. The summed E-state index contributed by atoms with van der Waals surface area (Å²) in [5, 5.41) is 0. The third-order valence-electron chi connectivity index (χ3n) is 4.69. The topological polar surface area (TPSA) is 49.7 Å². The Kier molecular flexibility index (Phi) is 3.42. The second-order valence-corrected chi connectivity index (χ2v) is 6.11. The summed E-state index contributed by atoms with van der Waals surface area (Å²) in [6, 6.07) is 8.80. The number of hydrogen-bond acceptors (Lipinski definition) is 3. The van der Waals surface area contributed by atoms with E-state index in [0.717, 1.165) is 29.2 Å². The van der Waals surface area contributed by atoms with Gasteiger partial charge in [0.15, 0.2) is 11.6 Å². The zero-order valence-electron chi connectivity index (χ0n) is 12.9. The van der Waals surface area contributed by atoms with Gasteiger partial charge in [0.2, 0.25) is 0 Å². The van der Waals surface area contributed by atoms with E-state index in [1.54, 1.807) is 0 Å². The number of nitrogens with zero attached hydrogens (tertiary/aromatic N) is 4. The molecule has 5 heteroatoms. The van der Waals surface area contributed by atoms with Crippen molar-refractivity contribution in [2.24, 2.45) is 0 Å². The minimum absolute atomic E-state index is 0.700. The Labute approximate surface area is 130 Å². The van der Waals surface area contributed by atoms with Crippen molar-refractivity contribution in [2.75, 3.05) is 13.6 Å². The fourth-order valence-electron chi connectivity index (χ4n) is 3.40. The molecule has 114 valence electrons. The van der Waals surface area contributed by atoms with Crippen LogP contribution in [0.5, 0.6) is 0 Å². The SMILES string of the molecule is CN1CCC[C@H]1CCn1ccnc1-c1nc2ccccc2[nH]1. The first-order valence-electron chi connectivity index (χ1n) is 7.98. The van der Waals surface area contributed by atoms with E-state index in [-0.39, 0.29) is 0 Å². The third-order valence-corrected chi connectivity index (χ3v) is 4.69. The van der Waals surface area contributed by atoms with Crippen molar-refractivity contribution in [3.8, 4) is 11.6 Å². The van der Waals surface area contributed by atoms with E-state index in [2.05, 4.69) is 37.7 Å². The van der Waals surface area contributed by atoms with Crippen LogP contribution in [-0.4, -0.2) is 44.1 Å². The summed E-state index contributed by atoms with van der Waals surface area (Å²) in [6.45, 7) is 2.21. The summed E-state index contributed by atoms with van der Waals surface area (Å²) in [6.07, 6.45) is 7.71. The zero-order chi connectivity index (χ0) is 14.9. The van der Waals surface area contributed by atoms with Crippen LogP contribution >= 0.6 is 0 Å². The molecule has 22 heavy (non-hydrogen) atoms. The van der Waals surface area contributed by atoms with E-state index in [9.17, 15) is 0 Å². The fraction of sp³-hybridized carbons (Fsp3) is 0.412. The molecule has 1 aromatic carbocycles. The molecule has 0 saturated carbocycles. The summed E-state index contributed by atoms with van der Waals surface area (Å²) in [5.41, 5.74) is 2.05. The van der Waals surface area contributed by atoms with Gasteiger partial charge in [-0.2, -0.15) is 0 Å². The Bertz CT molecular complexity index is 739. The summed E-state index contributed by atoms with van der Waals surface area (Å²) in [4.78, 5) is 15.0. The Morgan fingerprint density at radius 3 is 3.05 bits per heavy atom. The first kappa shape index (κ1) is 13.5. The number of benzene rings is 1. The molecule has 0 radical (unpaired) electrons. The first-order chi connectivity index (χ1) is 10.8. The van der Waals surface area contributed by atoms with Gasteiger partial charge in [-0.15, -0.1) is 0 Å². The number of rotatable bonds is 4. The molecule has 0 spiro atoms. The molecule has 0 bridgehead atoms. The molecule has 1 saturated heterocycles. The molecule has 1 atom stereocenters. The number of aromatic nitrogens is 4. The molecule has 2 aromatic heterocycles. The van der Waals surface area contributed by atoms with Gasteiger partial charge in [-0.1, -0.05) is 12.1 Å². The first-order valence-corrected chi connectivity index (χ1v) is 7.98. The van der Waals surface area contributed by atoms with Crippen molar-refractivity contribution in [3.05, 3.63) is 36.7 Å². The van der Waals surface area contributed by atoms with Crippen molar-refractivity contribution >= 4 is 11.0 Å². The number of aryl methyl sites for hydroxylation is 1. The Hall–Kier alpha value is -2.14. The van der Waals surface area contributed by atoms with Crippen LogP contribution in [0.2, 0.25) is 0 Å². The lowest BCUT2D eigenvalue weighted by Crippen LogP contribution is -2.26. The maximum atomic E-state index is 4.66. The van der Waals surface area contributed by atoms with Gasteiger partial charge in [0.25, 0.3) is 0 Å². The highest BCUT2D eigenvalue weighted by atomic mass is 15.2. The van der Waals surface area contributed by atoms with Gasteiger partial charge in [0.05, 0.1) is 11.0 Å². The van der Waals surface area contributed by atoms with E-state index in [0.29, 0.717) is 6.04 Å². The summed E-state index contributed by atoms with van der Waals surface area (Å²) in [7, 11) is 2.23. The lowest BCUT2D eigenvalue weighted by Gasteiger charge is -2.19. The highest BCUT2D eigenvalue weighted by Crippen LogP contribution is 2.22. The van der Waals surface area contributed by atoms with E-state index in [1.807, 2.05) is 30.5 Å². The van der Waals surface area contributed by atoms with Crippen molar-refractivity contribution in [3.63, 3.8) is 0 Å². The predicted molar refractivity (Wildman–Crippen MR) is 87.6 cm³/mol. The molecule has 5 nitrogen and oxygen atoms in total. The van der Waals surface area contributed by atoms with Crippen LogP contribution in [0.25, 0.3) is 22.7 Å². The maximum Gasteiger partial charge on any atom is 0.176 e. The molecule has 0 amide bonds. The number of H-pyrrole nitrogens is 1. The summed E-state index contributed by atoms with van der Waals surface area (Å²) in [5.74, 6) is 1.78. The summed E-state index contributed by atoms with van der Waals surface area (Å²) < 4.78 is 2.21. The van der Waals surface area contributed by atoms with Gasteiger partial charge in [-0.3, -0.25) is 0 Å². The van der Waals surface area contributed by atoms with Crippen LogP contribution in [0.3, 0.4) is 0 Å². The van der Waals surface area contributed by atoms with Crippen LogP contribution in [0.15, 0.2) is 36.7 Å². The van der Waals surface area contributed by atoms with Crippen LogP contribution in [0.4, 0.5) is 0 Å². The minimum Gasteiger partial charge on any atom is -0.335 e. The van der Waals surface area contributed by atoms with Crippen LogP contribution < -0.4 is 0 Å². The number of fused-ring (bicyclic) bond motifs is 1. The molecule has 4 rings (SSSR count). The molecule has 1 aliphatic heterocycles. The molecule has 1 aliphatic rings. The number of para-hydroxylation sites is 2. The lowest BCUT2D eigenvalue weighted by molar-refractivity contribution is 0.286. The average Bonchev–Trinajstić information content (AvgIpc) is 3.23. The molecule has 1 N–H and O–H groups in total. The van der Waals surface area contributed by atoms with Crippen LogP contribution in [-0.2, 0) is 6.54 Å². The van der Waals surface area contributed by atoms with Gasteiger partial charge in [0.1, 0.15) is 0 Å². The largest absolute Gasteiger partial charge is 0.335 e. The minimum atomic E-state index is 0.700. The van der Waals surface area contributed by atoms with Gasteiger partial charge < -0.3 is 14.5 Å². The fourth-order valence-corrected chi connectivity index (χ4v) is 3.40. The predicted octanol–water partition coefficient (Wildman–Crippen LogP) is 2.91. The average molecular weight is 295 g/mol. The Morgan fingerprint density at radius 1 is 1.32 bits per heavy atom.